The average molecular weight is 410 g/mol. The summed E-state index contributed by atoms with van der Waals surface area (Å²) in [5, 5.41) is 9.18. The van der Waals surface area contributed by atoms with Gasteiger partial charge in [0.1, 0.15) is 5.76 Å². The summed E-state index contributed by atoms with van der Waals surface area (Å²) in [6, 6.07) is 8.44. The molecule has 2 aromatic heterocycles. The second-order valence-corrected chi connectivity index (χ2v) is 8.77. The Morgan fingerprint density at radius 2 is 2.17 bits per heavy atom. The van der Waals surface area contributed by atoms with Crippen molar-refractivity contribution in [2.24, 2.45) is 0 Å². The smallest absolute Gasteiger partial charge is 0.252 e. The van der Waals surface area contributed by atoms with Gasteiger partial charge in [0, 0.05) is 42.0 Å². The van der Waals surface area contributed by atoms with Crippen molar-refractivity contribution in [3.05, 3.63) is 73.8 Å². The number of nitrogens with zero attached hydrogens (tertiary/aromatic N) is 2. The maximum absolute atomic E-state index is 12.7. The molecule has 0 radical (unpaired) electrons. The highest BCUT2D eigenvalue weighted by atomic mass is 32.1. The summed E-state index contributed by atoms with van der Waals surface area (Å²) in [4.78, 5) is 16.4. The molecule has 1 aromatic carbocycles. The largest absolute Gasteiger partial charge is 0.361 e. The van der Waals surface area contributed by atoms with E-state index in [1.165, 1.54) is 27.1 Å². The predicted octanol–water partition coefficient (Wildman–Crippen LogP) is 4.19. The van der Waals surface area contributed by atoms with Gasteiger partial charge >= 0.3 is 0 Å². The fraction of sp³-hybridized carbons (Fsp3) is 0.391. The Morgan fingerprint density at radius 1 is 1.31 bits per heavy atom. The number of aromatic nitrogens is 1. The number of hydrogen-bond acceptors (Lipinski definition) is 5. The molecule has 0 fully saturated rings. The van der Waals surface area contributed by atoms with Gasteiger partial charge in [-0.05, 0) is 44.7 Å². The van der Waals surface area contributed by atoms with Crippen LogP contribution in [0.2, 0.25) is 0 Å². The molecule has 0 saturated heterocycles. The molecule has 6 heteroatoms. The number of benzene rings is 1. The lowest BCUT2D eigenvalue weighted by Gasteiger charge is -2.27. The minimum absolute atomic E-state index is 0.0503. The molecule has 152 valence electrons. The van der Waals surface area contributed by atoms with E-state index in [9.17, 15) is 4.79 Å². The number of aryl methyl sites for hydroxylation is 3. The summed E-state index contributed by atoms with van der Waals surface area (Å²) in [6.45, 7) is 9.37. The highest BCUT2D eigenvalue weighted by molar-refractivity contribution is 7.10. The third-order valence-corrected chi connectivity index (χ3v) is 6.63. The molecule has 1 N–H and O–H groups in total. The number of hydrogen-bond donors (Lipinski definition) is 1. The molecule has 3 heterocycles. The van der Waals surface area contributed by atoms with E-state index in [4.69, 9.17) is 4.52 Å². The molecular formula is C23H27N3O2S. The fourth-order valence-electron chi connectivity index (χ4n) is 3.94. The zero-order valence-electron chi connectivity index (χ0n) is 17.2. The van der Waals surface area contributed by atoms with Gasteiger partial charge in [0.2, 0.25) is 0 Å². The van der Waals surface area contributed by atoms with Crippen LogP contribution in [0.25, 0.3) is 0 Å². The quantitative estimate of drug-likeness (QED) is 0.663. The minimum Gasteiger partial charge on any atom is -0.361 e. The number of carbonyl (C=O) groups excluding carboxylic acids is 1. The number of fused-ring (bicyclic) bond motifs is 1. The lowest BCUT2D eigenvalue weighted by Crippen LogP contribution is -2.31. The van der Waals surface area contributed by atoms with Gasteiger partial charge < -0.3 is 9.84 Å². The lowest BCUT2D eigenvalue weighted by molar-refractivity contribution is 0.0953. The molecule has 0 atom stereocenters. The highest BCUT2D eigenvalue weighted by Crippen LogP contribution is 2.30. The fourth-order valence-corrected chi connectivity index (χ4v) is 5.06. The lowest BCUT2D eigenvalue weighted by atomic mass is 10.0. The van der Waals surface area contributed by atoms with Crippen molar-refractivity contribution in [2.75, 3.05) is 13.1 Å². The van der Waals surface area contributed by atoms with Crippen molar-refractivity contribution in [2.45, 2.75) is 46.7 Å². The number of nitrogens with one attached hydrogen (secondary N) is 1. The Kier molecular flexibility index (Phi) is 5.83. The maximum Gasteiger partial charge on any atom is 0.252 e. The SMILES string of the molecule is Cc1cccc(CCNC(=O)c2csc3c2CCN(Cc2c(C)noc2C)C3)c1. The third kappa shape index (κ3) is 4.43. The van der Waals surface area contributed by atoms with Gasteiger partial charge in [-0.15, -0.1) is 11.3 Å². The Labute approximate surface area is 175 Å². The first-order chi connectivity index (χ1) is 14.0. The predicted molar refractivity (Wildman–Crippen MR) is 115 cm³/mol. The monoisotopic (exact) mass is 409 g/mol. The Morgan fingerprint density at radius 3 is 2.93 bits per heavy atom. The summed E-state index contributed by atoms with van der Waals surface area (Å²) in [7, 11) is 0. The van der Waals surface area contributed by atoms with E-state index in [0.29, 0.717) is 6.54 Å². The van der Waals surface area contributed by atoms with Gasteiger partial charge in [-0.1, -0.05) is 35.0 Å². The average Bonchev–Trinajstić information content (AvgIpc) is 3.26. The van der Waals surface area contributed by atoms with Crippen LogP contribution in [0.1, 0.15) is 48.9 Å². The number of rotatable bonds is 6. The summed E-state index contributed by atoms with van der Waals surface area (Å²) in [5.74, 6) is 0.947. The van der Waals surface area contributed by atoms with Crippen molar-refractivity contribution < 1.29 is 9.32 Å². The van der Waals surface area contributed by atoms with Gasteiger partial charge in [0.25, 0.3) is 5.91 Å². The molecule has 3 aromatic rings. The van der Waals surface area contributed by atoms with Gasteiger partial charge in [-0.2, -0.15) is 0 Å². The van der Waals surface area contributed by atoms with Crippen LogP contribution < -0.4 is 5.32 Å². The summed E-state index contributed by atoms with van der Waals surface area (Å²) in [5.41, 5.74) is 6.73. The summed E-state index contributed by atoms with van der Waals surface area (Å²) < 4.78 is 5.29. The van der Waals surface area contributed by atoms with Gasteiger partial charge in [0.05, 0.1) is 11.3 Å². The minimum atomic E-state index is 0.0503. The molecule has 29 heavy (non-hydrogen) atoms. The zero-order valence-corrected chi connectivity index (χ0v) is 18.1. The van der Waals surface area contributed by atoms with E-state index in [0.717, 1.165) is 49.5 Å². The molecule has 0 unspecified atom stereocenters. The number of amides is 1. The van der Waals surface area contributed by atoms with Crippen LogP contribution in [0, 0.1) is 20.8 Å². The van der Waals surface area contributed by atoms with Crippen LogP contribution in [-0.2, 0) is 25.9 Å². The van der Waals surface area contributed by atoms with Gasteiger partial charge in [0.15, 0.2) is 0 Å². The van der Waals surface area contributed by atoms with E-state index in [1.54, 1.807) is 11.3 Å². The Bertz CT molecular complexity index is 1000. The van der Waals surface area contributed by atoms with E-state index in [1.807, 2.05) is 19.2 Å². The molecule has 4 rings (SSSR count). The molecule has 0 bridgehead atoms. The van der Waals surface area contributed by atoms with Crippen LogP contribution >= 0.6 is 11.3 Å². The normalized spacial score (nSPS) is 14.0. The van der Waals surface area contributed by atoms with Crippen LogP contribution in [0.15, 0.2) is 34.2 Å². The summed E-state index contributed by atoms with van der Waals surface area (Å²) >= 11 is 1.70. The topological polar surface area (TPSA) is 58.4 Å². The first kappa shape index (κ1) is 19.9. The molecule has 0 spiro atoms. The Balaban J connectivity index is 1.35. The molecule has 1 aliphatic rings. The second-order valence-electron chi connectivity index (χ2n) is 7.81. The van der Waals surface area contributed by atoms with Crippen molar-refractivity contribution in [1.29, 1.82) is 0 Å². The summed E-state index contributed by atoms with van der Waals surface area (Å²) in [6.07, 6.45) is 1.76. The molecule has 1 aliphatic heterocycles. The van der Waals surface area contributed by atoms with Gasteiger partial charge in [-0.25, -0.2) is 0 Å². The first-order valence-electron chi connectivity index (χ1n) is 10.1. The molecule has 1 amide bonds. The second kappa shape index (κ2) is 8.51. The molecule has 5 nitrogen and oxygen atoms in total. The third-order valence-electron chi connectivity index (χ3n) is 5.62. The Hall–Kier alpha value is -2.44. The van der Waals surface area contributed by atoms with Crippen LogP contribution in [0.3, 0.4) is 0 Å². The van der Waals surface area contributed by atoms with Gasteiger partial charge in [-0.3, -0.25) is 9.69 Å². The number of thiophene rings is 1. The van der Waals surface area contributed by atoms with E-state index in [-0.39, 0.29) is 5.91 Å². The molecular weight excluding hydrogens is 382 g/mol. The van der Waals surface area contributed by atoms with E-state index < -0.39 is 0 Å². The van der Waals surface area contributed by atoms with Crippen molar-refractivity contribution in [1.82, 2.24) is 15.4 Å². The molecule has 0 aliphatic carbocycles. The van der Waals surface area contributed by atoms with Crippen molar-refractivity contribution >= 4 is 17.2 Å². The van der Waals surface area contributed by atoms with E-state index >= 15 is 0 Å². The standard InChI is InChI=1S/C23H27N3O2S/c1-15-5-4-6-18(11-15)7-9-24-23(27)21-14-29-22-13-26(10-8-19(21)22)12-20-16(2)25-28-17(20)3/h4-6,11,14H,7-10,12-13H2,1-3H3,(H,24,27). The van der Waals surface area contributed by atoms with Crippen LogP contribution in [0.4, 0.5) is 0 Å². The van der Waals surface area contributed by atoms with Crippen LogP contribution in [-0.4, -0.2) is 29.1 Å². The first-order valence-corrected chi connectivity index (χ1v) is 11.0. The van der Waals surface area contributed by atoms with E-state index in [2.05, 4.69) is 46.6 Å². The highest BCUT2D eigenvalue weighted by Gasteiger charge is 2.25. The van der Waals surface area contributed by atoms with Crippen LogP contribution in [0.5, 0.6) is 0 Å². The maximum atomic E-state index is 12.7. The zero-order chi connectivity index (χ0) is 20.4. The molecule has 0 saturated carbocycles. The van der Waals surface area contributed by atoms with Crippen molar-refractivity contribution in [3.63, 3.8) is 0 Å². The van der Waals surface area contributed by atoms with Crippen molar-refractivity contribution in [3.8, 4) is 0 Å². The number of carbonyl (C=O) groups is 1.